The van der Waals surface area contributed by atoms with Gasteiger partial charge in [0.25, 0.3) is 5.91 Å². The van der Waals surface area contributed by atoms with Gasteiger partial charge in [-0.3, -0.25) is 9.59 Å². The van der Waals surface area contributed by atoms with Crippen molar-refractivity contribution in [3.8, 4) is 11.1 Å². The molecule has 0 atom stereocenters. The van der Waals surface area contributed by atoms with Gasteiger partial charge in [-0.05, 0) is 52.6 Å². The number of rotatable bonds is 3. The number of nitrogen functional groups attached to an aromatic ring is 1. The number of hydrogen-bond donors (Lipinski definition) is 1. The maximum atomic E-state index is 13.9. The van der Waals surface area contributed by atoms with E-state index < -0.39 is 5.82 Å². The van der Waals surface area contributed by atoms with E-state index in [1.165, 1.54) is 18.2 Å². The highest BCUT2D eigenvalue weighted by Crippen LogP contribution is 2.30. The van der Waals surface area contributed by atoms with Crippen LogP contribution in [0.15, 0.2) is 60.7 Å². The number of carbonyl (C=O) groups excluding carboxylic acids is 2. The molecule has 6 nitrogen and oxygen atoms in total. The molecule has 0 bridgehead atoms. The number of fused-ring (bicyclic) bond motifs is 2. The summed E-state index contributed by atoms with van der Waals surface area (Å²) in [5, 5.41) is 0.494. The van der Waals surface area contributed by atoms with Crippen molar-refractivity contribution in [3.05, 3.63) is 88.9 Å². The van der Waals surface area contributed by atoms with Crippen molar-refractivity contribution in [1.82, 2.24) is 14.9 Å². The molecule has 1 aliphatic rings. The third kappa shape index (κ3) is 4.17. The van der Waals surface area contributed by atoms with Gasteiger partial charge in [-0.2, -0.15) is 0 Å². The van der Waals surface area contributed by atoms with Crippen LogP contribution in [-0.4, -0.2) is 27.1 Å². The Labute approximate surface area is 190 Å². The Hall–Kier alpha value is -4.13. The molecular formula is C26H23FN4O2. The van der Waals surface area contributed by atoms with E-state index >= 15 is 0 Å². The third-order valence-corrected chi connectivity index (χ3v) is 5.50. The Morgan fingerprint density at radius 2 is 1.70 bits per heavy atom. The largest absolute Gasteiger partial charge is 0.368 e. The number of nitrogens with zero attached hydrogens (tertiary/aromatic N) is 3. The zero-order chi connectivity index (χ0) is 23.5. The number of benzene rings is 3. The van der Waals surface area contributed by atoms with Crippen molar-refractivity contribution in [2.24, 2.45) is 0 Å². The van der Waals surface area contributed by atoms with Crippen molar-refractivity contribution < 1.29 is 14.0 Å². The zero-order valence-electron chi connectivity index (χ0n) is 18.4. The fraction of sp³-hybridized carbons (Fsp3) is 0.154. The predicted molar refractivity (Wildman–Crippen MR) is 126 cm³/mol. The lowest BCUT2D eigenvalue weighted by Crippen LogP contribution is -2.27. The fourth-order valence-corrected chi connectivity index (χ4v) is 3.98. The number of carbonyl (C=O) groups is 2. The first-order chi connectivity index (χ1) is 16.0. The molecule has 0 saturated carbocycles. The second-order valence-corrected chi connectivity index (χ2v) is 7.44. The minimum atomic E-state index is -0.458. The van der Waals surface area contributed by atoms with Crippen LogP contribution in [0.3, 0.4) is 0 Å². The van der Waals surface area contributed by atoms with Gasteiger partial charge in [0.15, 0.2) is 6.29 Å². The molecule has 5 rings (SSSR count). The van der Waals surface area contributed by atoms with Crippen LogP contribution in [0.4, 0.5) is 10.3 Å². The standard InChI is InChI=1S/C24H17FN4O2.C2H6/c25-18-7-5-17(13-30)19(10-18)14-6-8-21-20(9-14)22(28-24(26)27-21)23(31)29-11-15-3-1-2-4-16(15)12-29;1-2/h1-10,13H,11-12H2,(H2,26,27,28);1-2H3. The highest BCUT2D eigenvalue weighted by Gasteiger charge is 2.27. The normalized spacial score (nSPS) is 12.2. The molecule has 2 heterocycles. The Morgan fingerprint density at radius 3 is 2.36 bits per heavy atom. The summed E-state index contributed by atoms with van der Waals surface area (Å²) in [4.78, 5) is 35.0. The summed E-state index contributed by atoms with van der Waals surface area (Å²) in [5.41, 5.74) is 10.1. The third-order valence-electron chi connectivity index (χ3n) is 5.50. The molecule has 4 aromatic rings. The Balaban J connectivity index is 0.00000126. The summed E-state index contributed by atoms with van der Waals surface area (Å²) in [6, 6.07) is 17.0. The van der Waals surface area contributed by atoms with Crippen molar-refractivity contribution >= 4 is 29.0 Å². The molecule has 166 valence electrons. The number of anilines is 1. The number of halogens is 1. The van der Waals surface area contributed by atoms with Crippen LogP contribution < -0.4 is 5.73 Å². The lowest BCUT2D eigenvalue weighted by atomic mass is 9.98. The fourth-order valence-electron chi connectivity index (χ4n) is 3.98. The highest BCUT2D eigenvalue weighted by atomic mass is 19.1. The average molecular weight is 442 g/mol. The summed E-state index contributed by atoms with van der Waals surface area (Å²) < 4.78 is 13.9. The topological polar surface area (TPSA) is 89.2 Å². The second kappa shape index (κ2) is 9.16. The maximum absolute atomic E-state index is 13.9. The van der Waals surface area contributed by atoms with Crippen LogP contribution >= 0.6 is 0 Å². The lowest BCUT2D eigenvalue weighted by molar-refractivity contribution is 0.0747. The summed E-state index contributed by atoms with van der Waals surface area (Å²) in [5.74, 6) is -0.720. The van der Waals surface area contributed by atoms with Gasteiger partial charge in [-0.1, -0.05) is 44.2 Å². The van der Waals surface area contributed by atoms with E-state index in [1.807, 2.05) is 38.1 Å². The van der Waals surface area contributed by atoms with Crippen molar-refractivity contribution in [1.29, 1.82) is 0 Å². The van der Waals surface area contributed by atoms with Crippen LogP contribution in [0.5, 0.6) is 0 Å². The number of aldehydes is 1. The molecule has 0 fully saturated rings. The van der Waals surface area contributed by atoms with E-state index in [0.29, 0.717) is 47.0 Å². The Morgan fingerprint density at radius 1 is 1.00 bits per heavy atom. The zero-order valence-corrected chi connectivity index (χ0v) is 18.4. The molecule has 0 saturated heterocycles. The van der Waals surface area contributed by atoms with Crippen LogP contribution in [0.1, 0.15) is 45.8 Å². The molecule has 2 N–H and O–H groups in total. The van der Waals surface area contributed by atoms with Crippen LogP contribution in [0, 0.1) is 5.82 Å². The minimum absolute atomic E-state index is 0.000327. The SMILES string of the molecule is CC.Nc1nc(C(=O)N2Cc3ccccc3C2)c2cc(-c3cc(F)ccc3C=O)ccc2n1. The predicted octanol–water partition coefficient (Wildman–Crippen LogP) is 5.01. The van der Waals surface area contributed by atoms with Gasteiger partial charge in [0.05, 0.1) is 5.52 Å². The number of amides is 1. The summed E-state index contributed by atoms with van der Waals surface area (Å²) in [6.07, 6.45) is 0.673. The molecule has 0 spiro atoms. The lowest BCUT2D eigenvalue weighted by Gasteiger charge is -2.17. The molecule has 1 aromatic heterocycles. The van der Waals surface area contributed by atoms with Gasteiger partial charge in [-0.15, -0.1) is 0 Å². The first kappa shape index (κ1) is 22.1. The average Bonchev–Trinajstić information content (AvgIpc) is 3.28. The first-order valence-electron chi connectivity index (χ1n) is 10.7. The van der Waals surface area contributed by atoms with Gasteiger partial charge < -0.3 is 10.6 Å². The van der Waals surface area contributed by atoms with Crippen molar-refractivity contribution in [2.75, 3.05) is 5.73 Å². The van der Waals surface area contributed by atoms with Crippen molar-refractivity contribution in [2.45, 2.75) is 26.9 Å². The van der Waals surface area contributed by atoms with Crippen molar-refractivity contribution in [3.63, 3.8) is 0 Å². The molecule has 0 radical (unpaired) electrons. The summed E-state index contributed by atoms with van der Waals surface area (Å²) in [7, 11) is 0. The van der Waals surface area contributed by atoms with Gasteiger partial charge in [0.1, 0.15) is 11.5 Å². The Bertz CT molecular complexity index is 1350. The minimum Gasteiger partial charge on any atom is -0.368 e. The van der Waals surface area contributed by atoms with Crippen LogP contribution in [0.2, 0.25) is 0 Å². The van der Waals surface area contributed by atoms with E-state index in [-0.39, 0.29) is 17.5 Å². The number of aromatic nitrogens is 2. The summed E-state index contributed by atoms with van der Waals surface area (Å²) >= 11 is 0. The van der Waals surface area contributed by atoms with E-state index in [9.17, 15) is 14.0 Å². The van der Waals surface area contributed by atoms with E-state index in [1.54, 1.807) is 23.1 Å². The number of nitrogens with two attached hydrogens (primary N) is 1. The highest BCUT2D eigenvalue weighted by molar-refractivity contribution is 6.06. The second-order valence-electron chi connectivity index (χ2n) is 7.44. The molecular weight excluding hydrogens is 419 g/mol. The van der Waals surface area contributed by atoms with Crippen LogP contribution in [-0.2, 0) is 13.1 Å². The maximum Gasteiger partial charge on any atom is 0.273 e. The van der Waals surface area contributed by atoms with E-state index in [4.69, 9.17) is 5.73 Å². The molecule has 1 aliphatic heterocycles. The monoisotopic (exact) mass is 442 g/mol. The quantitative estimate of drug-likeness (QED) is 0.451. The molecule has 33 heavy (non-hydrogen) atoms. The van der Waals surface area contributed by atoms with Gasteiger partial charge in [0, 0.05) is 24.0 Å². The number of hydrogen-bond acceptors (Lipinski definition) is 5. The molecule has 0 aliphatic carbocycles. The smallest absolute Gasteiger partial charge is 0.273 e. The van der Waals surface area contributed by atoms with Gasteiger partial charge in [-0.25, -0.2) is 14.4 Å². The van der Waals surface area contributed by atoms with E-state index in [0.717, 1.165) is 11.1 Å². The molecule has 1 amide bonds. The van der Waals surface area contributed by atoms with Gasteiger partial charge >= 0.3 is 0 Å². The first-order valence-corrected chi connectivity index (χ1v) is 10.7. The van der Waals surface area contributed by atoms with Crippen LogP contribution in [0.25, 0.3) is 22.0 Å². The Kier molecular flexibility index (Phi) is 6.13. The molecule has 3 aromatic carbocycles. The van der Waals surface area contributed by atoms with Gasteiger partial charge in [0.2, 0.25) is 5.95 Å². The molecule has 7 heteroatoms. The molecule has 0 unspecified atom stereocenters. The summed E-state index contributed by atoms with van der Waals surface area (Å²) in [6.45, 7) is 4.97. The van der Waals surface area contributed by atoms with E-state index in [2.05, 4.69) is 9.97 Å².